The summed E-state index contributed by atoms with van der Waals surface area (Å²) in [6, 6.07) is 6.16. The Kier molecular flexibility index (Phi) is 7.71. The molecular formula is C17H10Na2O10S3. The van der Waals surface area contributed by atoms with Gasteiger partial charge in [0.2, 0.25) is 0 Å². The van der Waals surface area contributed by atoms with Crippen molar-refractivity contribution in [3.8, 4) is 5.75 Å². The Labute approximate surface area is 227 Å². The fourth-order valence-electron chi connectivity index (χ4n) is 3.59. The van der Waals surface area contributed by atoms with Gasteiger partial charge in [0.15, 0.2) is 0 Å². The summed E-state index contributed by atoms with van der Waals surface area (Å²) in [7, 11) is -13.9. The number of rotatable bonds is 4. The van der Waals surface area contributed by atoms with E-state index < -0.39 is 50.8 Å². The van der Waals surface area contributed by atoms with Crippen LogP contribution in [0.3, 0.4) is 0 Å². The smallest absolute Gasteiger partial charge is 0.744 e. The van der Waals surface area contributed by atoms with E-state index in [0.29, 0.717) is 6.07 Å². The number of aromatic hydroxyl groups is 1. The number of phenolic OH excluding ortho intramolecular Hbond substituents is 1. The summed E-state index contributed by atoms with van der Waals surface area (Å²) in [5, 5.41) is 9.62. The second-order valence-electron chi connectivity index (χ2n) is 6.37. The molecule has 0 aliphatic carbocycles. The molecule has 4 rings (SSSR count). The predicted molar refractivity (Wildman–Crippen MR) is 102 cm³/mol. The number of hydrogen-bond donors (Lipinski definition) is 1. The molecule has 0 aromatic heterocycles. The van der Waals surface area contributed by atoms with Crippen LogP contribution in [0.5, 0.6) is 5.75 Å². The summed E-state index contributed by atoms with van der Waals surface area (Å²) in [6.45, 7) is 0. The molecule has 0 saturated heterocycles. The minimum atomic E-state index is -5.18. The molecule has 4 aromatic carbocycles. The SMILES string of the molecule is COS(=O)(=O)c1cc(S(=O)(=O)[O-])c2ccc3c(S(=O)(=O)[O-])cc(O)c4ccc1c2c43.[Na+].[Na+]. The number of hydrogen-bond acceptors (Lipinski definition) is 10. The van der Waals surface area contributed by atoms with E-state index in [-0.39, 0.29) is 91.4 Å². The van der Waals surface area contributed by atoms with Gasteiger partial charge in [-0.3, -0.25) is 4.18 Å². The zero-order chi connectivity index (χ0) is 22.2. The van der Waals surface area contributed by atoms with Gasteiger partial charge in [0.1, 0.15) is 30.9 Å². The largest absolute Gasteiger partial charge is 1.00 e. The van der Waals surface area contributed by atoms with Crippen LogP contribution in [0.2, 0.25) is 0 Å². The van der Waals surface area contributed by atoms with Crippen LogP contribution in [0, 0.1) is 0 Å². The fourth-order valence-corrected chi connectivity index (χ4v) is 5.94. The molecule has 0 heterocycles. The van der Waals surface area contributed by atoms with Crippen LogP contribution < -0.4 is 59.1 Å². The van der Waals surface area contributed by atoms with E-state index in [1.165, 1.54) is 12.1 Å². The molecule has 0 aliphatic rings. The van der Waals surface area contributed by atoms with Crippen LogP contribution in [0.4, 0.5) is 0 Å². The Hall–Kier alpha value is -0.550. The van der Waals surface area contributed by atoms with Crippen molar-refractivity contribution in [2.75, 3.05) is 7.11 Å². The minimum Gasteiger partial charge on any atom is -0.744 e. The average Bonchev–Trinajstić information content (AvgIpc) is 2.64. The Bertz CT molecular complexity index is 1700. The standard InChI is InChI=1S/C17H12O10S3.2Na/c1-27-30(25,26)15-7-14(29(22,23)24)10-5-4-9-13(28(19,20)21)6-12(18)8-2-3-11(15)17(10)16(8)9;;/h2-7,18H,1H3,(H,19,20,21)(H,22,23,24);;/q;2*+1/p-2. The number of phenols is 1. The summed E-state index contributed by atoms with van der Waals surface area (Å²) in [4.78, 5) is -2.31. The van der Waals surface area contributed by atoms with Gasteiger partial charge in [-0.05, 0) is 18.2 Å². The molecule has 158 valence electrons. The van der Waals surface area contributed by atoms with Gasteiger partial charge in [-0.1, -0.05) is 18.2 Å². The zero-order valence-electron chi connectivity index (χ0n) is 16.8. The van der Waals surface area contributed by atoms with Gasteiger partial charge >= 0.3 is 59.1 Å². The van der Waals surface area contributed by atoms with Gasteiger partial charge < -0.3 is 14.2 Å². The first-order chi connectivity index (χ1) is 13.8. The van der Waals surface area contributed by atoms with Crippen molar-refractivity contribution in [1.29, 1.82) is 0 Å². The quantitative estimate of drug-likeness (QED) is 0.120. The molecule has 0 spiro atoms. The van der Waals surface area contributed by atoms with E-state index in [1.807, 2.05) is 0 Å². The summed E-state index contributed by atoms with van der Waals surface area (Å²) in [6.07, 6.45) is 0. The van der Waals surface area contributed by atoms with Gasteiger partial charge in [-0.15, -0.1) is 0 Å². The molecule has 0 aliphatic heterocycles. The maximum absolute atomic E-state index is 12.4. The maximum Gasteiger partial charge on any atom is 1.00 e. The van der Waals surface area contributed by atoms with Crippen molar-refractivity contribution in [2.24, 2.45) is 0 Å². The predicted octanol–water partition coefficient (Wildman–Crippen LogP) is -4.56. The van der Waals surface area contributed by atoms with Gasteiger partial charge in [-0.2, -0.15) is 8.42 Å². The summed E-state index contributed by atoms with van der Waals surface area (Å²) >= 11 is 0. The first kappa shape index (κ1) is 27.7. The Morgan fingerprint density at radius 3 is 1.50 bits per heavy atom. The molecule has 15 heteroatoms. The maximum atomic E-state index is 12.4. The van der Waals surface area contributed by atoms with Gasteiger partial charge in [0.05, 0.1) is 16.9 Å². The van der Waals surface area contributed by atoms with E-state index in [1.54, 1.807) is 0 Å². The van der Waals surface area contributed by atoms with Crippen molar-refractivity contribution in [3.63, 3.8) is 0 Å². The summed E-state index contributed by atoms with van der Waals surface area (Å²) in [5.41, 5.74) is 0. The molecule has 0 unspecified atom stereocenters. The van der Waals surface area contributed by atoms with E-state index in [0.717, 1.165) is 25.3 Å². The van der Waals surface area contributed by atoms with E-state index >= 15 is 0 Å². The van der Waals surface area contributed by atoms with E-state index in [4.69, 9.17) is 0 Å². The molecule has 1 N–H and O–H groups in total. The Morgan fingerprint density at radius 1 is 0.688 bits per heavy atom. The van der Waals surface area contributed by atoms with Crippen molar-refractivity contribution in [2.45, 2.75) is 14.7 Å². The second-order valence-corrected chi connectivity index (χ2v) is 10.7. The van der Waals surface area contributed by atoms with E-state index in [2.05, 4.69) is 4.18 Å². The molecule has 0 bridgehead atoms. The third kappa shape index (κ3) is 4.30. The van der Waals surface area contributed by atoms with Gasteiger partial charge in [-0.25, -0.2) is 16.8 Å². The molecular weight excluding hydrogens is 506 g/mol. The van der Waals surface area contributed by atoms with Crippen LogP contribution in [0.25, 0.3) is 32.3 Å². The monoisotopic (exact) mass is 516 g/mol. The van der Waals surface area contributed by atoms with Crippen molar-refractivity contribution >= 4 is 62.7 Å². The van der Waals surface area contributed by atoms with Crippen molar-refractivity contribution in [3.05, 3.63) is 36.4 Å². The molecule has 0 saturated carbocycles. The molecule has 0 fully saturated rings. The van der Waals surface area contributed by atoms with Crippen LogP contribution in [-0.4, -0.2) is 46.6 Å². The normalized spacial score (nSPS) is 12.7. The van der Waals surface area contributed by atoms with E-state index in [9.17, 15) is 39.5 Å². The average molecular weight is 516 g/mol. The third-order valence-corrected chi connectivity index (χ3v) is 7.86. The summed E-state index contributed by atoms with van der Waals surface area (Å²) in [5.74, 6) is -0.599. The van der Waals surface area contributed by atoms with Crippen molar-refractivity contribution in [1.82, 2.24) is 0 Å². The molecule has 0 radical (unpaired) electrons. The molecule has 4 aromatic rings. The van der Waals surface area contributed by atoms with Crippen LogP contribution in [0.15, 0.2) is 51.1 Å². The summed E-state index contributed by atoms with van der Waals surface area (Å²) < 4.78 is 99.9. The van der Waals surface area contributed by atoms with Crippen LogP contribution >= 0.6 is 0 Å². The Morgan fingerprint density at radius 2 is 1.06 bits per heavy atom. The van der Waals surface area contributed by atoms with Gasteiger partial charge in [0, 0.05) is 32.3 Å². The second kappa shape index (κ2) is 8.91. The molecule has 10 nitrogen and oxygen atoms in total. The minimum absolute atomic E-state index is 0. The topological polar surface area (TPSA) is 178 Å². The third-order valence-electron chi connectivity index (χ3n) is 4.79. The molecule has 32 heavy (non-hydrogen) atoms. The zero-order valence-corrected chi connectivity index (χ0v) is 23.3. The molecule has 0 amide bonds. The van der Waals surface area contributed by atoms with Crippen LogP contribution in [-0.2, 0) is 34.5 Å². The Balaban J connectivity index is 0.00000181. The first-order valence-electron chi connectivity index (χ1n) is 7.97. The van der Waals surface area contributed by atoms with Gasteiger partial charge in [0.25, 0.3) is 10.1 Å². The van der Waals surface area contributed by atoms with Crippen molar-refractivity contribution < 1.29 is 103 Å². The fraction of sp³-hybridized carbons (Fsp3) is 0.0588. The number of benzene rings is 4. The van der Waals surface area contributed by atoms with Crippen LogP contribution in [0.1, 0.15) is 0 Å². The first-order valence-corrected chi connectivity index (χ1v) is 12.2. The molecule has 0 atom stereocenters.